The van der Waals surface area contributed by atoms with Gasteiger partial charge < -0.3 is 15.4 Å². The molecule has 0 radical (unpaired) electrons. The van der Waals surface area contributed by atoms with Gasteiger partial charge in [0, 0.05) is 46.6 Å². The lowest BCUT2D eigenvalue weighted by Crippen LogP contribution is -2.39. The molecular formula is C22H20ClN3O3. The zero-order valence-electron chi connectivity index (χ0n) is 15.6. The van der Waals surface area contributed by atoms with E-state index in [1.54, 1.807) is 12.1 Å². The van der Waals surface area contributed by atoms with Crippen molar-refractivity contribution in [1.82, 2.24) is 0 Å². The zero-order valence-corrected chi connectivity index (χ0v) is 16.3. The quantitative estimate of drug-likeness (QED) is 0.474. The van der Waals surface area contributed by atoms with Gasteiger partial charge in [0.2, 0.25) is 0 Å². The molecule has 0 bridgehead atoms. The smallest absolute Gasteiger partial charge is 0.269 e. The highest BCUT2D eigenvalue weighted by atomic mass is 35.5. The molecule has 0 aromatic heterocycles. The van der Waals surface area contributed by atoms with Gasteiger partial charge in [0.05, 0.1) is 11.5 Å². The second-order valence-electron chi connectivity index (χ2n) is 6.92. The molecule has 6 nitrogen and oxygen atoms in total. The maximum atomic E-state index is 11.2. The number of hydrogen-bond acceptors (Lipinski definition) is 5. The van der Waals surface area contributed by atoms with Gasteiger partial charge in [-0.25, -0.2) is 0 Å². The van der Waals surface area contributed by atoms with Crippen LogP contribution in [-0.4, -0.2) is 11.5 Å². The molecule has 2 atom stereocenters. The predicted molar refractivity (Wildman–Crippen MR) is 113 cm³/mol. The third-order valence-electron chi connectivity index (χ3n) is 5.05. The normalized spacial score (nSPS) is 16.9. The number of hydrogen-bond donors (Lipinski definition) is 1. The molecule has 148 valence electrons. The summed E-state index contributed by atoms with van der Waals surface area (Å²) in [7, 11) is 0. The Morgan fingerprint density at radius 1 is 1.14 bits per heavy atom. The highest BCUT2D eigenvalue weighted by Crippen LogP contribution is 2.38. The molecular weight excluding hydrogens is 390 g/mol. The van der Waals surface area contributed by atoms with E-state index in [0.29, 0.717) is 23.7 Å². The lowest BCUT2D eigenvalue weighted by atomic mass is 10.0. The minimum Gasteiger partial charge on any atom is -0.349 e. The first kappa shape index (κ1) is 19.4. The van der Waals surface area contributed by atoms with Gasteiger partial charge >= 0.3 is 0 Å². The summed E-state index contributed by atoms with van der Waals surface area (Å²) in [4.78, 5) is 12.9. The molecule has 7 heteroatoms. The molecule has 0 aliphatic carbocycles. The van der Waals surface area contributed by atoms with Crippen molar-refractivity contribution in [2.45, 2.75) is 18.9 Å². The van der Waals surface area contributed by atoms with Crippen LogP contribution in [-0.2, 0) is 11.3 Å². The van der Waals surface area contributed by atoms with E-state index in [0.717, 1.165) is 16.8 Å². The van der Waals surface area contributed by atoms with Gasteiger partial charge in [0.25, 0.3) is 5.69 Å². The number of nitro benzene ring substituents is 1. The van der Waals surface area contributed by atoms with Crippen molar-refractivity contribution < 1.29 is 9.66 Å². The summed E-state index contributed by atoms with van der Waals surface area (Å²) in [5, 5.41) is 11.8. The monoisotopic (exact) mass is 409 g/mol. The van der Waals surface area contributed by atoms with Crippen LogP contribution in [0.3, 0.4) is 0 Å². The molecule has 3 aromatic rings. The number of nitrogens with two attached hydrogens (primary N) is 1. The number of nitrogens with zero attached hydrogens (tertiary/aromatic N) is 2. The van der Waals surface area contributed by atoms with E-state index in [2.05, 4.69) is 0 Å². The number of ether oxygens (including phenoxy) is 1. The van der Waals surface area contributed by atoms with Crippen molar-refractivity contribution in [2.24, 2.45) is 5.73 Å². The van der Waals surface area contributed by atoms with E-state index in [9.17, 15) is 10.1 Å². The van der Waals surface area contributed by atoms with Crippen molar-refractivity contribution in [3.63, 3.8) is 0 Å². The molecule has 4 rings (SSSR count). The number of fused-ring (bicyclic) bond motifs is 1. The Bertz CT molecular complexity index is 1040. The van der Waals surface area contributed by atoms with Crippen LogP contribution in [0.1, 0.15) is 29.0 Å². The first-order valence-corrected chi connectivity index (χ1v) is 9.63. The van der Waals surface area contributed by atoms with Gasteiger partial charge in [-0.1, -0.05) is 60.1 Å². The number of anilines is 1. The summed E-state index contributed by atoms with van der Waals surface area (Å²) in [5.41, 5.74) is 10.1. The van der Waals surface area contributed by atoms with Crippen LogP contribution in [0.2, 0.25) is 5.02 Å². The standard InChI is InChI=1S/C22H20ClN3O3/c23-19-10-3-2-9-18(19)20(24)13-25-21-11-4-1-6-16(21)14-29-22(25)15-7-5-8-17(12-15)26(27)28/h1-12,20,22H,13-14,24H2. The SMILES string of the molecule is NC(CN1c2ccccc2COC1c1cccc([N+](=O)[O-])c1)c1ccccc1Cl. The molecule has 1 heterocycles. The van der Waals surface area contributed by atoms with Gasteiger partial charge in [-0.05, 0) is 17.7 Å². The van der Waals surface area contributed by atoms with Crippen molar-refractivity contribution in [3.8, 4) is 0 Å². The van der Waals surface area contributed by atoms with Gasteiger partial charge in [-0.3, -0.25) is 10.1 Å². The average Bonchev–Trinajstić information content (AvgIpc) is 2.74. The van der Waals surface area contributed by atoms with Gasteiger partial charge in [0.15, 0.2) is 6.23 Å². The highest BCUT2D eigenvalue weighted by molar-refractivity contribution is 6.31. The molecule has 0 fully saturated rings. The maximum absolute atomic E-state index is 11.2. The Morgan fingerprint density at radius 3 is 2.69 bits per heavy atom. The van der Waals surface area contributed by atoms with Crippen LogP contribution in [0.15, 0.2) is 72.8 Å². The zero-order chi connectivity index (χ0) is 20.4. The predicted octanol–water partition coefficient (Wildman–Crippen LogP) is 4.98. The first-order chi connectivity index (χ1) is 14.0. The van der Waals surface area contributed by atoms with E-state index < -0.39 is 11.2 Å². The largest absolute Gasteiger partial charge is 0.349 e. The number of nitro groups is 1. The van der Waals surface area contributed by atoms with Gasteiger partial charge in [-0.2, -0.15) is 0 Å². The third kappa shape index (κ3) is 3.96. The van der Waals surface area contributed by atoms with E-state index in [1.807, 2.05) is 59.5 Å². The lowest BCUT2D eigenvalue weighted by molar-refractivity contribution is -0.385. The van der Waals surface area contributed by atoms with Gasteiger partial charge in [0.1, 0.15) is 0 Å². The van der Waals surface area contributed by atoms with Crippen LogP contribution in [0, 0.1) is 10.1 Å². The fourth-order valence-electron chi connectivity index (χ4n) is 3.65. The number of halogens is 1. The summed E-state index contributed by atoms with van der Waals surface area (Å²) < 4.78 is 6.12. The Hall–Kier alpha value is -2.93. The van der Waals surface area contributed by atoms with Crippen molar-refractivity contribution in [2.75, 3.05) is 11.4 Å². The van der Waals surface area contributed by atoms with E-state index >= 15 is 0 Å². The maximum Gasteiger partial charge on any atom is 0.269 e. The topological polar surface area (TPSA) is 81.6 Å². The number of para-hydroxylation sites is 1. The fourth-order valence-corrected chi connectivity index (χ4v) is 3.92. The summed E-state index contributed by atoms with van der Waals surface area (Å²) in [5.74, 6) is 0. The van der Waals surface area contributed by atoms with Crippen LogP contribution in [0.25, 0.3) is 0 Å². The molecule has 2 N–H and O–H groups in total. The minimum absolute atomic E-state index is 0.0281. The fraction of sp³-hybridized carbons (Fsp3) is 0.182. The minimum atomic E-state index is -0.488. The molecule has 3 aromatic carbocycles. The van der Waals surface area contributed by atoms with Crippen LogP contribution in [0.5, 0.6) is 0 Å². The number of non-ortho nitro benzene ring substituents is 1. The highest BCUT2D eigenvalue weighted by Gasteiger charge is 2.30. The van der Waals surface area contributed by atoms with Crippen LogP contribution in [0.4, 0.5) is 11.4 Å². The second-order valence-corrected chi connectivity index (χ2v) is 7.33. The molecule has 0 saturated heterocycles. The molecule has 0 spiro atoms. The van der Waals surface area contributed by atoms with Crippen molar-refractivity contribution in [1.29, 1.82) is 0 Å². The third-order valence-corrected chi connectivity index (χ3v) is 5.39. The van der Waals surface area contributed by atoms with E-state index in [4.69, 9.17) is 22.1 Å². The number of benzene rings is 3. The first-order valence-electron chi connectivity index (χ1n) is 9.25. The Kier molecular flexibility index (Phi) is 5.49. The van der Waals surface area contributed by atoms with Gasteiger partial charge in [-0.15, -0.1) is 0 Å². The lowest BCUT2D eigenvalue weighted by Gasteiger charge is -2.40. The summed E-state index contributed by atoms with van der Waals surface area (Å²) >= 11 is 6.34. The summed E-state index contributed by atoms with van der Waals surface area (Å²) in [6, 6.07) is 21.6. The van der Waals surface area contributed by atoms with Crippen molar-refractivity contribution in [3.05, 3.63) is 105 Å². The van der Waals surface area contributed by atoms with Crippen LogP contribution >= 0.6 is 11.6 Å². The molecule has 29 heavy (non-hydrogen) atoms. The van der Waals surface area contributed by atoms with Crippen LogP contribution < -0.4 is 10.6 Å². The molecule has 2 unspecified atom stereocenters. The Labute approximate surface area is 173 Å². The van der Waals surface area contributed by atoms with E-state index in [1.165, 1.54) is 6.07 Å². The molecule has 0 saturated carbocycles. The Balaban J connectivity index is 1.72. The molecule has 1 aliphatic rings. The van der Waals surface area contributed by atoms with E-state index in [-0.39, 0.29) is 11.7 Å². The second kappa shape index (κ2) is 8.21. The Morgan fingerprint density at radius 2 is 1.90 bits per heavy atom. The molecule has 0 amide bonds. The molecule has 1 aliphatic heterocycles. The van der Waals surface area contributed by atoms with Crippen molar-refractivity contribution >= 4 is 23.0 Å². The summed E-state index contributed by atoms with van der Waals surface area (Å²) in [6.45, 7) is 0.857. The number of rotatable bonds is 5. The average molecular weight is 410 g/mol. The summed E-state index contributed by atoms with van der Waals surface area (Å²) in [6.07, 6.45) is -0.488.